The molecule has 2 aromatic rings. The number of hydrogen-bond donors (Lipinski definition) is 0. The van der Waals surface area contributed by atoms with Crippen LogP contribution in [0.3, 0.4) is 0 Å². The molecule has 5 rings (SSSR count). The summed E-state index contributed by atoms with van der Waals surface area (Å²) < 4.78 is 30.3. The van der Waals surface area contributed by atoms with E-state index < -0.39 is 12.1 Å². The van der Waals surface area contributed by atoms with Crippen LogP contribution >= 0.6 is 45.2 Å². The first-order valence-electron chi connectivity index (χ1n) is 11.7. The van der Waals surface area contributed by atoms with Gasteiger partial charge in [-0.3, -0.25) is 0 Å². The van der Waals surface area contributed by atoms with Crippen molar-refractivity contribution in [2.45, 2.75) is 76.3 Å². The van der Waals surface area contributed by atoms with Crippen LogP contribution in [0.4, 0.5) is 0 Å². The normalized spacial score (nSPS) is 27.8. The van der Waals surface area contributed by atoms with Gasteiger partial charge in [-0.15, -0.1) is 0 Å². The fraction of sp³-hybridized carbons (Fsp3) is 0.500. The van der Waals surface area contributed by atoms with Gasteiger partial charge in [0.25, 0.3) is 0 Å². The lowest BCUT2D eigenvalue weighted by Gasteiger charge is -2.32. The van der Waals surface area contributed by atoms with Gasteiger partial charge in [-0.05, 0) is 95.6 Å². The minimum atomic E-state index is -0.619. The molecule has 3 aliphatic rings. The molecule has 0 radical (unpaired) electrons. The fourth-order valence-corrected chi connectivity index (χ4v) is 5.65. The highest BCUT2D eigenvalue weighted by Crippen LogP contribution is 2.46. The Morgan fingerprint density at radius 2 is 1.62 bits per heavy atom. The first-order chi connectivity index (χ1) is 16.4. The number of ether oxygens (including phenoxy) is 5. The van der Waals surface area contributed by atoms with E-state index in [0.29, 0.717) is 5.75 Å². The van der Waals surface area contributed by atoms with Crippen molar-refractivity contribution < 1.29 is 28.5 Å². The van der Waals surface area contributed by atoms with Crippen LogP contribution in [-0.4, -0.2) is 36.9 Å². The van der Waals surface area contributed by atoms with Gasteiger partial charge < -0.3 is 23.7 Å². The highest BCUT2D eigenvalue weighted by atomic mass is 127. The molecule has 1 aliphatic carbocycles. The van der Waals surface area contributed by atoms with Gasteiger partial charge in [0.15, 0.2) is 18.2 Å². The second kappa shape index (κ2) is 12.0. The predicted octanol–water partition coefficient (Wildman–Crippen LogP) is 6.39. The molecule has 0 amide bonds. The van der Waals surface area contributed by atoms with Gasteiger partial charge in [0.1, 0.15) is 11.9 Å². The zero-order chi connectivity index (χ0) is 24.1. The second-order valence-electron chi connectivity index (χ2n) is 8.73. The zero-order valence-corrected chi connectivity index (χ0v) is 23.7. The maximum Gasteiger partial charge on any atom is 0.343 e. The van der Waals surface area contributed by atoms with Gasteiger partial charge in [0.05, 0.1) is 16.3 Å². The Morgan fingerprint density at radius 1 is 0.941 bits per heavy atom. The molecule has 0 bridgehead atoms. The summed E-state index contributed by atoms with van der Waals surface area (Å²) in [5.74, 6) is -0.147. The van der Waals surface area contributed by atoms with Crippen molar-refractivity contribution in [3.63, 3.8) is 0 Å². The molecule has 2 saturated heterocycles. The molecule has 1 saturated carbocycles. The van der Waals surface area contributed by atoms with E-state index in [1.807, 2.05) is 18.2 Å². The summed E-state index contributed by atoms with van der Waals surface area (Å²) in [6, 6.07) is 15.8. The summed E-state index contributed by atoms with van der Waals surface area (Å²) in [5, 5.41) is 0. The highest BCUT2D eigenvalue weighted by molar-refractivity contribution is 14.1. The van der Waals surface area contributed by atoms with Crippen LogP contribution < -0.4 is 4.74 Å². The Hall–Kier alpha value is -0.790. The lowest BCUT2D eigenvalue weighted by molar-refractivity contribution is -0.193. The summed E-state index contributed by atoms with van der Waals surface area (Å²) in [7, 11) is 0. The van der Waals surface area contributed by atoms with Crippen molar-refractivity contribution >= 4 is 51.2 Å². The van der Waals surface area contributed by atoms with Crippen molar-refractivity contribution in [1.82, 2.24) is 0 Å². The average molecular weight is 692 g/mol. The van der Waals surface area contributed by atoms with E-state index >= 15 is 0 Å². The van der Waals surface area contributed by atoms with Gasteiger partial charge in [0.2, 0.25) is 0 Å². The van der Waals surface area contributed by atoms with E-state index in [2.05, 4.69) is 76.4 Å². The van der Waals surface area contributed by atoms with Gasteiger partial charge in [-0.2, -0.15) is 0 Å². The van der Waals surface area contributed by atoms with Gasteiger partial charge in [-0.1, -0.05) is 36.8 Å². The van der Waals surface area contributed by atoms with Gasteiger partial charge in [-0.25, -0.2) is 4.79 Å². The fourth-order valence-electron chi connectivity index (χ4n) is 4.46. The number of esters is 1. The third-order valence-corrected chi connectivity index (χ3v) is 8.02. The maximum atomic E-state index is 11.7. The Morgan fingerprint density at radius 3 is 2.26 bits per heavy atom. The maximum absolute atomic E-state index is 11.7. The van der Waals surface area contributed by atoms with Crippen LogP contribution in [0.2, 0.25) is 0 Å². The second-order valence-corrected chi connectivity index (χ2v) is 11.1. The van der Waals surface area contributed by atoms with Crippen LogP contribution in [0.25, 0.3) is 0 Å². The van der Waals surface area contributed by atoms with E-state index in [1.54, 1.807) is 13.0 Å². The van der Waals surface area contributed by atoms with E-state index in [9.17, 15) is 4.79 Å². The Labute approximate surface area is 228 Å². The molecule has 2 aliphatic heterocycles. The molecular formula is C26H30I2O6. The van der Waals surface area contributed by atoms with Crippen LogP contribution in [-0.2, 0) is 23.7 Å². The number of para-hydroxylation sites is 1. The minimum absolute atomic E-state index is 0.0937. The van der Waals surface area contributed by atoms with Crippen molar-refractivity contribution in [2.24, 2.45) is 0 Å². The van der Waals surface area contributed by atoms with Crippen LogP contribution in [0.1, 0.15) is 57.6 Å². The molecule has 2 unspecified atom stereocenters. The van der Waals surface area contributed by atoms with Crippen molar-refractivity contribution in [3.05, 3.63) is 61.2 Å². The number of hydrogen-bond acceptors (Lipinski definition) is 6. The molecule has 0 N–H and O–H groups in total. The summed E-state index contributed by atoms with van der Waals surface area (Å²) in [6.07, 6.45) is 5.16. The lowest BCUT2D eigenvalue weighted by atomic mass is 9.94. The third kappa shape index (κ3) is 6.50. The highest BCUT2D eigenvalue weighted by Gasteiger charge is 2.47. The van der Waals surface area contributed by atoms with E-state index in [1.165, 1.54) is 28.4 Å². The third-order valence-electron chi connectivity index (χ3n) is 6.14. The molecule has 8 heteroatoms. The number of carbonyl (C=O) groups is 1. The van der Waals surface area contributed by atoms with Crippen molar-refractivity contribution in [1.29, 1.82) is 0 Å². The monoisotopic (exact) mass is 692 g/mol. The van der Waals surface area contributed by atoms with Crippen LogP contribution in [0, 0.1) is 7.14 Å². The standard InChI is InChI=1S/C15H19IO2.C11H11IO4/c1-11-14(12-7-3-4-8-13(12)16)18-15(17-11)9-5-2-6-10-15;1-7-14-6-10(15-7)11(13)16-9-5-3-2-4-8(9)12/h3-4,7-8,11,14H,2,5-6,9-10H2,1H3;2-5,7,10H,6H2,1H3/t11-,14-;/m1./s1. The summed E-state index contributed by atoms with van der Waals surface area (Å²) in [4.78, 5) is 11.7. The molecule has 2 heterocycles. The lowest BCUT2D eigenvalue weighted by Crippen LogP contribution is -2.33. The zero-order valence-electron chi connectivity index (χ0n) is 19.4. The molecule has 4 atom stereocenters. The average Bonchev–Trinajstić information content (AvgIpc) is 3.40. The smallest absolute Gasteiger partial charge is 0.343 e. The Bertz CT molecular complexity index is 977. The quantitative estimate of drug-likeness (QED) is 0.211. The first-order valence-corrected chi connectivity index (χ1v) is 13.9. The summed E-state index contributed by atoms with van der Waals surface area (Å²) >= 11 is 4.50. The predicted molar refractivity (Wildman–Crippen MR) is 144 cm³/mol. The molecular weight excluding hydrogens is 662 g/mol. The van der Waals surface area contributed by atoms with E-state index in [4.69, 9.17) is 23.7 Å². The van der Waals surface area contributed by atoms with Crippen LogP contribution in [0.5, 0.6) is 5.75 Å². The Kier molecular flexibility index (Phi) is 9.25. The van der Waals surface area contributed by atoms with E-state index in [-0.39, 0.29) is 30.9 Å². The summed E-state index contributed by atoms with van der Waals surface area (Å²) in [6.45, 7) is 4.14. The minimum Gasteiger partial charge on any atom is -0.423 e. The molecule has 6 nitrogen and oxygen atoms in total. The Balaban J connectivity index is 0.000000162. The van der Waals surface area contributed by atoms with Gasteiger partial charge in [0, 0.05) is 16.4 Å². The molecule has 1 spiro atoms. The van der Waals surface area contributed by atoms with Crippen molar-refractivity contribution in [2.75, 3.05) is 6.61 Å². The molecule has 34 heavy (non-hydrogen) atoms. The largest absolute Gasteiger partial charge is 0.423 e. The SMILES string of the molecule is CC1OCC(C(=O)Oc2ccccc2I)O1.C[C@H]1OC2(CCCCC2)O[C@H]1c1ccccc1I. The summed E-state index contributed by atoms with van der Waals surface area (Å²) in [5.41, 5.74) is 1.27. The number of halogens is 2. The topological polar surface area (TPSA) is 63.2 Å². The molecule has 184 valence electrons. The first kappa shape index (κ1) is 26.3. The number of carbonyl (C=O) groups excluding carboxylic acids is 1. The molecule has 0 aromatic heterocycles. The molecule has 2 aromatic carbocycles. The number of benzene rings is 2. The van der Waals surface area contributed by atoms with E-state index in [0.717, 1.165) is 16.4 Å². The molecule has 3 fully saturated rings. The van der Waals surface area contributed by atoms with Crippen LogP contribution in [0.15, 0.2) is 48.5 Å². The van der Waals surface area contributed by atoms with Gasteiger partial charge >= 0.3 is 5.97 Å². The van der Waals surface area contributed by atoms with Crippen molar-refractivity contribution in [3.8, 4) is 5.75 Å². The number of rotatable bonds is 3.